The van der Waals surface area contributed by atoms with E-state index in [1.165, 1.54) is 30.2 Å². The Bertz CT molecular complexity index is 1350. The summed E-state index contributed by atoms with van der Waals surface area (Å²) in [5.41, 5.74) is 2.86. The number of aliphatic imine (C=N–C) groups is 1. The lowest BCUT2D eigenvalue weighted by atomic mass is 10.1. The second kappa shape index (κ2) is 29.0. The summed E-state index contributed by atoms with van der Waals surface area (Å²) in [7, 11) is 1.39. The van der Waals surface area contributed by atoms with Gasteiger partial charge in [-0.15, -0.1) is 11.8 Å². The van der Waals surface area contributed by atoms with E-state index in [1.807, 2.05) is 71.9 Å². The Kier molecular flexibility index (Phi) is 29.3. The topological polar surface area (TPSA) is 116 Å². The van der Waals surface area contributed by atoms with Gasteiger partial charge in [0.2, 0.25) is 0 Å². The third kappa shape index (κ3) is 17.9. The average molecular weight is 933 g/mol. The predicted molar refractivity (Wildman–Crippen MR) is 221 cm³/mol. The fourth-order valence-electron chi connectivity index (χ4n) is 3.50. The van der Waals surface area contributed by atoms with E-state index in [9.17, 15) is 14.4 Å². The number of nitrogens with zero attached hydrogens (tertiary/aromatic N) is 2. The van der Waals surface area contributed by atoms with Crippen molar-refractivity contribution in [1.82, 2.24) is 10.3 Å². The fraction of sp³-hybridized carbons (Fsp3) is 0.500. The van der Waals surface area contributed by atoms with Crippen LogP contribution >= 0.6 is 82.7 Å². The maximum absolute atomic E-state index is 11.8. The summed E-state index contributed by atoms with van der Waals surface area (Å²) in [5.74, 6) is -0.437. The van der Waals surface area contributed by atoms with Gasteiger partial charge in [-0.3, -0.25) is 4.99 Å². The molecule has 1 aliphatic rings. The van der Waals surface area contributed by atoms with Crippen molar-refractivity contribution in [2.24, 2.45) is 16.8 Å². The molecule has 0 radical (unpaired) electrons. The largest absolute Gasteiger partial charge is 0.464 e. The van der Waals surface area contributed by atoms with Crippen molar-refractivity contribution in [2.45, 2.75) is 73.5 Å². The Morgan fingerprint density at radius 1 is 1.02 bits per heavy atom. The molecule has 0 saturated heterocycles. The van der Waals surface area contributed by atoms with Gasteiger partial charge in [-0.1, -0.05) is 141 Å². The van der Waals surface area contributed by atoms with Crippen molar-refractivity contribution < 1.29 is 28.6 Å². The highest BCUT2D eigenvalue weighted by Gasteiger charge is 2.29. The number of hydrogen-bond donors (Lipinski definition) is 1. The number of allylic oxidation sites excluding steroid dienone is 2. The van der Waals surface area contributed by atoms with Crippen molar-refractivity contribution in [3.63, 3.8) is 0 Å². The highest BCUT2D eigenvalue weighted by Crippen LogP contribution is 2.38. The van der Waals surface area contributed by atoms with Gasteiger partial charge in [0.1, 0.15) is 19.8 Å². The van der Waals surface area contributed by atoms with Crippen molar-refractivity contribution in [3.05, 3.63) is 60.3 Å². The smallest absolute Gasteiger partial charge is 0.355 e. The van der Waals surface area contributed by atoms with Gasteiger partial charge in [0.15, 0.2) is 3.92 Å². The van der Waals surface area contributed by atoms with E-state index in [0.717, 1.165) is 10.5 Å². The average Bonchev–Trinajstić information content (AvgIpc) is 3.70. The van der Waals surface area contributed by atoms with Gasteiger partial charge in [0.25, 0.3) is 0 Å². The summed E-state index contributed by atoms with van der Waals surface area (Å²) in [6.07, 6.45) is 0. The molecule has 1 aromatic heterocycles. The summed E-state index contributed by atoms with van der Waals surface area (Å²) in [6, 6.07) is 9.60. The van der Waals surface area contributed by atoms with Crippen LogP contribution in [0.1, 0.15) is 78.9 Å². The normalized spacial score (nSPS) is 13.4. The summed E-state index contributed by atoms with van der Waals surface area (Å²) in [4.78, 5) is 45.0. The van der Waals surface area contributed by atoms with Crippen LogP contribution < -0.4 is 5.32 Å². The van der Waals surface area contributed by atoms with Crippen LogP contribution in [-0.4, -0.2) is 58.9 Å². The molecule has 1 unspecified atom stereocenters. The van der Waals surface area contributed by atoms with Gasteiger partial charge in [-0.2, -0.15) is 0 Å². The van der Waals surface area contributed by atoms with E-state index >= 15 is 0 Å². The van der Waals surface area contributed by atoms with Gasteiger partial charge in [-0.25, -0.2) is 19.4 Å². The molecular weight excluding hydrogens is 882 g/mol. The molecule has 276 valence electrons. The number of esters is 3. The minimum absolute atomic E-state index is 0.0824. The van der Waals surface area contributed by atoms with Crippen molar-refractivity contribution in [3.8, 4) is 11.3 Å². The first-order chi connectivity index (χ1) is 23.4. The lowest BCUT2D eigenvalue weighted by Gasteiger charge is -2.11. The molecule has 0 fully saturated rings. The molecule has 1 aliphatic heterocycles. The van der Waals surface area contributed by atoms with Gasteiger partial charge in [0, 0.05) is 10.5 Å². The number of aromatic nitrogens is 1. The third-order valence-electron chi connectivity index (χ3n) is 5.37. The number of benzene rings is 1. The second-order valence-corrected chi connectivity index (χ2v) is 16.4. The Morgan fingerprint density at radius 3 is 2.04 bits per heavy atom. The van der Waals surface area contributed by atoms with E-state index in [1.54, 1.807) is 25.6 Å². The van der Waals surface area contributed by atoms with Crippen LogP contribution in [0.3, 0.4) is 0 Å². The first-order valence-corrected chi connectivity index (χ1v) is 21.2. The van der Waals surface area contributed by atoms with Crippen molar-refractivity contribution >= 4 is 107 Å². The van der Waals surface area contributed by atoms with Gasteiger partial charge in [-0.05, 0) is 48.3 Å². The number of carbonyl (C=O) groups excluding carboxylic acids is 3. The molecule has 1 N–H and O–H groups in total. The predicted octanol–water partition coefficient (Wildman–Crippen LogP) is 11.0. The summed E-state index contributed by atoms with van der Waals surface area (Å²) in [6.45, 7) is 23.8. The van der Waals surface area contributed by atoms with Gasteiger partial charge < -0.3 is 19.5 Å². The summed E-state index contributed by atoms with van der Waals surface area (Å²) >= 11 is 14.2. The molecule has 9 nitrogen and oxygen atoms in total. The number of ether oxygens (including phenoxy) is 3. The van der Waals surface area contributed by atoms with E-state index < -0.39 is 0 Å². The zero-order chi connectivity index (χ0) is 38.1. The third-order valence-corrected chi connectivity index (χ3v) is 10.4. The van der Waals surface area contributed by atoms with E-state index in [-0.39, 0.29) is 28.1 Å². The van der Waals surface area contributed by atoms with Crippen molar-refractivity contribution in [1.29, 1.82) is 0 Å². The number of carbonyl (C=O) groups is 3. The van der Waals surface area contributed by atoms with E-state index in [4.69, 9.17) is 9.47 Å². The molecule has 0 spiro atoms. The SMILES string of the molecule is C=N/C(=C(\SCBr)C(=O)OCC)C(C)C.CC.CC.CCOC(=O)c1sc(Br)nc1-c1ccccc1.COC(=O)C1=C(C(C)C)SC(Br)N1. The molecule has 1 atom stereocenters. The fourth-order valence-corrected chi connectivity index (χ4v) is 8.05. The number of thioether (sulfide) groups is 2. The number of rotatable bonds is 11. The van der Waals surface area contributed by atoms with Crippen LogP contribution in [0.25, 0.3) is 11.3 Å². The van der Waals surface area contributed by atoms with Crippen LogP contribution in [0, 0.1) is 11.8 Å². The number of methoxy groups -OCH3 is 1. The molecular formula is C34H50Br3N3O6S3. The van der Waals surface area contributed by atoms with Gasteiger partial charge in [0.05, 0.1) is 36.4 Å². The zero-order valence-corrected chi connectivity index (χ0v) is 37.4. The van der Waals surface area contributed by atoms with Crippen LogP contribution in [0.4, 0.5) is 0 Å². The lowest BCUT2D eigenvalue weighted by molar-refractivity contribution is -0.138. The maximum Gasteiger partial charge on any atom is 0.355 e. The number of alkyl halides is 2. The Labute approximate surface area is 330 Å². The molecule has 0 saturated carbocycles. The first-order valence-electron chi connectivity index (χ1n) is 15.7. The first kappa shape index (κ1) is 49.5. The van der Waals surface area contributed by atoms with Crippen molar-refractivity contribution in [2.75, 3.05) is 25.0 Å². The van der Waals surface area contributed by atoms with Crippen LogP contribution in [0.2, 0.25) is 0 Å². The molecule has 1 aromatic carbocycles. The minimum atomic E-state index is -0.324. The highest BCUT2D eigenvalue weighted by molar-refractivity contribution is 9.11. The number of hydrogen-bond acceptors (Lipinski definition) is 12. The molecule has 49 heavy (non-hydrogen) atoms. The zero-order valence-electron chi connectivity index (χ0n) is 30.1. The van der Waals surface area contributed by atoms with Gasteiger partial charge >= 0.3 is 17.9 Å². The maximum atomic E-state index is 11.8. The Balaban J connectivity index is 0. The highest BCUT2D eigenvalue weighted by atomic mass is 79.9. The van der Waals surface area contributed by atoms with Crippen LogP contribution in [-0.2, 0) is 23.8 Å². The number of halogens is 3. The van der Waals surface area contributed by atoms with Crippen LogP contribution in [0.15, 0.2) is 60.4 Å². The molecule has 15 heteroatoms. The molecule has 0 amide bonds. The van der Waals surface area contributed by atoms with E-state index in [0.29, 0.717) is 54.6 Å². The standard InChI is InChI=1S/C12H10BrNO2S.C10H16BrNO2S.C8H12BrNO2S.2C2H6/c1-2-16-11(15)10-9(14-12(13)17-10)8-6-4-3-5-7-8;1-5-14-10(13)9(15-6-11)8(12-4)7(2)3;1-4(2)6-5(7(11)12-3)10-8(9)13-6;2*1-2/h3-7H,2H2,1H3;7H,4-6H2,1-3H3;4,8,10H,1-3H3;2*1-2H3/b;9-8-;;;. The molecule has 2 heterocycles. The van der Waals surface area contributed by atoms with Crippen LogP contribution in [0.5, 0.6) is 0 Å². The monoisotopic (exact) mass is 929 g/mol. The Morgan fingerprint density at radius 2 is 1.59 bits per heavy atom. The van der Waals surface area contributed by atoms with E-state index in [2.05, 4.69) is 88.4 Å². The molecule has 0 aliphatic carbocycles. The second-order valence-electron chi connectivity index (χ2n) is 9.20. The molecule has 2 aromatic rings. The molecule has 3 rings (SSSR count). The molecule has 0 bridgehead atoms. The summed E-state index contributed by atoms with van der Waals surface area (Å²) in [5, 5.41) is 3.02. The lowest BCUT2D eigenvalue weighted by Crippen LogP contribution is -2.21. The number of nitrogens with one attached hydrogen (secondary N) is 1. The minimum Gasteiger partial charge on any atom is -0.464 e. The Hall–Kier alpha value is -1.65. The summed E-state index contributed by atoms with van der Waals surface area (Å²) < 4.78 is 16.0. The quantitative estimate of drug-likeness (QED) is 0.0583. The number of thiazole rings is 1.